The molecule has 3 rings (SSSR count). The maximum absolute atomic E-state index is 13.0. The molecule has 2 fully saturated rings. The van der Waals surface area contributed by atoms with Crippen LogP contribution in [0, 0.1) is 0 Å². The topological polar surface area (TPSA) is 119 Å². The number of urea groups is 1. The lowest BCUT2D eigenvalue weighted by Crippen LogP contribution is -2.50. The molecule has 10 heteroatoms. The molecule has 0 saturated carbocycles. The summed E-state index contributed by atoms with van der Waals surface area (Å²) in [7, 11) is 2.50. The zero-order valence-electron chi connectivity index (χ0n) is 18.7. The Hall–Kier alpha value is -2.98. The Morgan fingerprint density at radius 2 is 1.84 bits per heavy atom. The lowest BCUT2D eigenvalue weighted by molar-refractivity contribution is -0.120. The summed E-state index contributed by atoms with van der Waals surface area (Å²) in [6.45, 7) is 4.03. The number of unbranched alkanes of at least 4 members (excludes halogenated alkanes) is 2. The van der Waals surface area contributed by atoms with Crippen LogP contribution in [0.5, 0.6) is 5.75 Å². The van der Waals surface area contributed by atoms with E-state index in [-0.39, 0.29) is 24.8 Å². The lowest BCUT2D eigenvalue weighted by atomic mass is 10.1. The van der Waals surface area contributed by atoms with Crippen molar-refractivity contribution in [2.75, 3.05) is 58.4 Å². The van der Waals surface area contributed by atoms with Crippen LogP contribution < -0.4 is 15.0 Å². The zero-order valence-corrected chi connectivity index (χ0v) is 18.7. The number of nitrogens with zero attached hydrogens (tertiary/aromatic N) is 3. The summed E-state index contributed by atoms with van der Waals surface area (Å²) in [6.07, 6.45) is 3.62. The Morgan fingerprint density at radius 1 is 1.12 bits per heavy atom. The van der Waals surface area contributed by atoms with Crippen LogP contribution in [0.25, 0.3) is 0 Å². The number of anilines is 1. The van der Waals surface area contributed by atoms with Gasteiger partial charge in [-0.2, -0.15) is 0 Å². The van der Waals surface area contributed by atoms with Gasteiger partial charge in [0.05, 0.1) is 12.8 Å². The molecule has 0 radical (unpaired) electrons. The quantitative estimate of drug-likeness (QED) is 0.447. The summed E-state index contributed by atoms with van der Waals surface area (Å²) < 4.78 is 5.36. The predicted octanol–water partition coefficient (Wildman–Crippen LogP) is 0.877. The molecule has 2 aliphatic rings. The fraction of sp³-hybridized carbons (Fsp3) is 0.545. The number of hydrogen-bond donors (Lipinski definition) is 2. The average molecular weight is 449 g/mol. The average Bonchev–Trinajstić information content (AvgIpc) is 2.83. The van der Waals surface area contributed by atoms with Gasteiger partial charge in [-0.1, -0.05) is 0 Å². The molecule has 2 heterocycles. The van der Waals surface area contributed by atoms with Gasteiger partial charge in [-0.25, -0.2) is 4.79 Å². The number of carbonyl (C=O) groups is 4. The summed E-state index contributed by atoms with van der Waals surface area (Å²) in [4.78, 5) is 52.7. The molecule has 0 aromatic heterocycles. The number of aldehydes is 1. The van der Waals surface area contributed by atoms with E-state index in [1.807, 2.05) is 4.90 Å². The molecule has 176 valence electrons. The summed E-state index contributed by atoms with van der Waals surface area (Å²) in [6, 6.07) is 4.51. The molecule has 2 saturated heterocycles. The number of methoxy groups -OCH3 is 1. The third-order valence-corrected chi connectivity index (χ3v) is 5.48. The van der Waals surface area contributed by atoms with Gasteiger partial charge in [-0.15, -0.1) is 0 Å². The first-order valence-electron chi connectivity index (χ1n) is 10.7. The van der Waals surface area contributed by atoms with Crippen molar-refractivity contribution < 1.29 is 29.0 Å². The van der Waals surface area contributed by atoms with Gasteiger partial charge in [0.15, 0.2) is 0 Å². The van der Waals surface area contributed by atoms with Crippen molar-refractivity contribution in [2.24, 2.45) is 0 Å². The van der Waals surface area contributed by atoms with Crippen molar-refractivity contribution in [1.29, 1.82) is 0 Å². The van der Waals surface area contributed by atoms with Gasteiger partial charge >= 0.3 is 6.03 Å². The minimum Gasteiger partial charge on any atom is -0.495 e. The first kappa shape index (κ1) is 25.3. The highest BCUT2D eigenvalue weighted by Crippen LogP contribution is 2.31. The lowest BCUT2D eigenvalue weighted by Gasteiger charge is -2.35. The number of hydrogen-bond acceptors (Lipinski definition) is 7. The maximum Gasteiger partial charge on any atom is 0.328 e. The molecule has 10 nitrogen and oxygen atoms in total. The predicted molar refractivity (Wildman–Crippen MR) is 119 cm³/mol. The van der Waals surface area contributed by atoms with Gasteiger partial charge in [-0.3, -0.25) is 24.7 Å². The van der Waals surface area contributed by atoms with E-state index in [9.17, 15) is 19.2 Å². The van der Waals surface area contributed by atoms with Crippen LogP contribution in [0.15, 0.2) is 18.2 Å². The first-order chi connectivity index (χ1) is 15.5. The van der Waals surface area contributed by atoms with Gasteiger partial charge < -0.3 is 19.5 Å². The van der Waals surface area contributed by atoms with Gasteiger partial charge in [-0.05, 0) is 37.6 Å². The molecule has 0 atom stereocenters. The van der Waals surface area contributed by atoms with E-state index in [4.69, 9.17) is 9.84 Å². The van der Waals surface area contributed by atoms with Gasteiger partial charge in [0.25, 0.3) is 5.91 Å². The maximum atomic E-state index is 13.0. The number of aliphatic hydroxyl groups is 1. The van der Waals surface area contributed by atoms with E-state index < -0.39 is 6.03 Å². The van der Waals surface area contributed by atoms with E-state index in [1.54, 1.807) is 18.2 Å². The van der Waals surface area contributed by atoms with Crippen LogP contribution in [0.2, 0.25) is 0 Å². The van der Waals surface area contributed by atoms with Crippen LogP contribution in [0.4, 0.5) is 10.5 Å². The highest BCUT2D eigenvalue weighted by Gasteiger charge is 2.28. The Bertz CT molecular complexity index is 808. The number of nitrogens with one attached hydrogen (secondary N) is 1. The molecule has 2 N–H and O–H groups in total. The third kappa shape index (κ3) is 6.51. The van der Waals surface area contributed by atoms with Crippen LogP contribution >= 0.6 is 0 Å². The molecule has 0 spiro atoms. The number of carbonyl (C=O) groups excluding carboxylic acids is 4. The molecule has 1 aromatic carbocycles. The molecule has 1 aromatic rings. The van der Waals surface area contributed by atoms with Gasteiger partial charge in [0.2, 0.25) is 5.91 Å². The summed E-state index contributed by atoms with van der Waals surface area (Å²) in [5, 5.41) is 9.29. The van der Waals surface area contributed by atoms with Crippen molar-refractivity contribution in [2.45, 2.75) is 25.7 Å². The number of amides is 4. The fourth-order valence-electron chi connectivity index (χ4n) is 3.75. The van der Waals surface area contributed by atoms with Crippen LogP contribution in [0.3, 0.4) is 0 Å². The monoisotopic (exact) mass is 448 g/mol. The van der Waals surface area contributed by atoms with Crippen LogP contribution in [-0.4, -0.2) is 92.5 Å². The largest absolute Gasteiger partial charge is 0.495 e. The molecular formula is C22H32N4O6. The summed E-state index contributed by atoms with van der Waals surface area (Å²) in [5.74, 6) is 0.0654. The SMILES string of the molecule is CO.COc1ccc(C(=O)N2CCN(CCCCC=O)CC2)cc1N1CCC(=O)NC1=O. The first-order valence-corrected chi connectivity index (χ1v) is 10.7. The molecule has 2 aliphatic heterocycles. The van der Waals surface area contributed by atoms with Gasteiger partial charge in [0.1, 0.15) is 12.0 Å². The number of imide groups is 1. The molecule has 4 amide bonds. The Kier molecular flexibility index (Phi) is 10.1. The van der Waals surface area contributed by atoms with Gasteiger partial charge in [0, 0.05) is 58.2 Å². The zero-order chi connectivity index (χ0) is 23.5. The summed E-state index contributed by atoms with van der Waals surface area (Å²) in [5.41, 5.74) is 0.956. The van der Waals surface area contributed by atoms with E-state index in [0.717, 1.165) is 45.9 Å². The van der Waals surface area contributed by atoms with E-state index in [0.29, 0.717) is 36.5 Å². The number of ether oxygens (including phenoxy) is 1. The minimum absolute atomic E-state index is 0.0898. The van der Waals surface area contributed by atoms with E-state index in [1.165, 1.54) is 12.0 Å². The van der Waals surface area contributed by atoms with Crippen molar-refractivity contribution in [3.05, 3.63) is 23.8 Å². The molecule has 32 heavy (non-hydrogen) atoms. The summed E-state index contributed by atoms with van der Waals surface area (Å²) >= 11 is 0. The standard InChI is InChI=1S/C21H28N4O5.CH4O/c1-30-18-6-5-16(15-17(18)25-9-7-19(27)22-21(25)29)20(28)24-12-10-23(11-13-24)8-3-2-4-14-26;1-2/h5-6,14-15H,2-4,7-13H2,1H3,(H,22,27,29);2H,1H3. The minimum atomic E-state index is -0.516. The Morgan fingerprint density at radius 3 is 2.47 bits per heavy atom. The van der Waals surface area contributed by atoms with E-state index in [2.05, 4.69) is 10.2 Å². The van der Waals surface area contributed by atoms with Crippen LogP contribution in [0.1, 0.15) is 36.0 Å². The third-order valence-electron chi connectivity index (χ3n) is 5.48. The molecule has 0 unspecified atom stereocenters. The smallest absolute Gasteiger partial charge is 0.328 e. The van der Waals surface area contributed by atoms with Crippen molar-refractivity contribution >= 4 is 29.8 Å². The number of benzene rings is 1. The number of rotatable bonds is 8. The van der Waals surface area contributed by atoms with Crippen molar-refractivity contribution in [3.63, 3.8) is 0 Å². The fourth-order valence-corrected chi connectivity index (χ4v) is 3.75. The van der Waals surface area contributed by atoms with Crippen LogP contribution in [-0.2, 0) is 9.59 Å². The molecule has 0 bridgehead atoms. The van der Waals surface area contributed by atoms with E-state index >= 15 is 0 Å². The number of aliphatic hydroxyl groups excluding tert-OH is 1. The second kappa shape index (κ2) is 12.8. The Balaban J connectivity index is 0.00000176. The highest BCUT2D eigenvalue weighted by molar-refractivity contribution is 6.07. The Labute approximate surface area is 188 Å². The highest BCUT2D eigenvalue weighted by atomic mass is 16.5. The molecule has 0 aliphatic carbocycles. The van der Waals surface area contributed by atoms with Crippen molar-refractivity contribution in [3.8, 4) is 5.75 Å². The molecular weight excluding hydrogens is 416 g/mol. The second-order valence-corrected chi connectivity index (χ2v) is 7.44. The number of piperazine rings is 1. The normalized spacial score (nSPS) is 16.7. The second-order valence-electron chi connectivity index (χ2n) is 7.44. The van der Waals surface area contributed by atoms with Crippen molar-refractivity contribution in [1.82, 2.24) is 15.1 Å².